The highest BCUT2D eigenvalue weighted by molar-refractivity contribution is 5.87. The van der Waals surface area contributed by atoms with Gasteiger partial charge in [0.1, 0.15) is 0 Å². The van der Waals surface area contributed by atoms with Crippen LogP contribution in [0.2, 0.25) is 0 Å². The molecule has 0 rings (SSSR count). The Hall–Kier alpha value is -1.30. The Bertz CT molecular complexity index is 179. The Morgan fingerprint density at radius 2 is 2.45 bits per heavy atom. The molecule has 0 aliphatic carbocycles. The van der Waals surface area contributed by atoms with Crippen molar-refractivity contribution in [1.29, 1.82) is 5.26 Å². The van der Waals surface area contributed by atoms with E-state index in [0.717, 1.165) is 6.42 Å². The minimum Gasteiger partial charge on any atom is -0.353 e. The number of nitriles is 1. The van der Waals surface area contributed by atoms with Crippen LogP contribution >= 0.6 is 0 Å². The molecular formula is C8H12N2O. The molecule has 3 heteroatoms. The fourth-order valence-corrected chi connectivity index (χ4v) is 0.589. The van der Waals surface area contributed by atoms with Crippen LogP contribution in [0.1, 0.15) is 19.8 Å². The summed E-state index contributed by atoms with van der Waals surface area (Å²) < 4.78 is 0. The first kappa shape index (κ1) is 9.70. The van der Waals surface area contributed by atoms with Crippen molar-refractivity contribution in [3.63, 3.8) is 0 Å². The molecule has 0 aliphatic rings. The van der Waals surface area contributed by atoms with Crippen LogP contribution in [-0.2, 0) is 4.79 Å². The van der Waals surface area contributed by atoms with Crippen molar-refractivity contribution in [3.8, 4) is 6.07 Å². The first-order valence-electron chi connectivity index (χ1n) is 3.58. The molecule has 0 fully saturated rings. The number of hydrogen-bond donors (Lipinski definition) is 1. The fraction of sp³-hybridized carbons (Fsp3) is 0.500. The van der Waals surface area contributed by atoms with E-state index in [1.165, 1.54) is 6.08 Å². The van der Waals surface area contributed by atoms with E-state index in [1.807, 2.05) is 6.07 Å². The number of rotatable bonds is 4. The second-order valence-electron chi connectivity index (χ2n) is 2.05. The number of nitrogens with zero attached hydrogens (tertiary/aromatic N) is 1. The molecule has 3 nitrogen and oxygen atoms in total. The topological polar surface area (TPSA) is 52.9 Å². The van der Waals surface area contributed by atoms with E-state index in [2.05, 4.69) is 5.32 Å². The number of amides is 1. The molecule has 0 heterocycles. The summed E-state index contributed by atoms with van der Waals surface area (Å²) in [5, 5.41) is 10.8. The van der Waals surface area contributed by atoms with Crippen LogP contribution in [0, 0.1) is 11.3 Å². The summed E-state index contributed by atoms with van der Waals surface area (Å²) in [6.45, 7) is 2.37. The Morgan fingerprint density at radius 1 is 1.73 bits per heavy atom. The summed E-state index contributed by atoms with van der Waals surface area (Å²) >= 11 is 0. The van der Waals surface area contributed by atoms with Crippen LogP contribution in [0.3, 0.4) is 0 Å². The molecule has 0 atom stereocenters. The lowest BCUT2D eigenvalue weighted by Crippen LogP contribution is -2.21. The van der Waals surface area contributed by atoms with Gasteiger partial charge in [-0.1, -0.05) is 6.08 Å². The quantitative estimate of drug-likeness (QED) is 0.482. The first-order chi connectivity index (χ1) is 5.31. The third-order valence-electron chi connectivity index (χ3n) is 1.08. The van der Waals surface area contributed by atoms with Gasteiger partial charge in [0.05, 0.1) is 6.07 Å². The summed E-state index contributed by atoms with van der Waals surface area (Å²) in [6.07, 6.45) is 4.36. The predicted molar refractivity (Wildman–Crippen MR) is 42.7 cm³/mol. The highest BCUT2D eigenvalue weighted by Crippen LogP contribution is 1.82. The average molecular weight is 152 g/mol. The SMILES string of the molecule is CC=CC(=O)NCCCC#N. The van der Waals surface area contributed by atoms with Crippen molar-refractivity contribution < 1.29 is 4.79 Å². The Labute approximate surface area is 66.7 Å². The minimum absolute atomic E-state index is 0.0922. The number of hydrogen-bond acceptors (Lipinski definition) is 2. The van der Waals surface area contributed by atoms with E-state index in [4.69, 9.17) is 5.26 Å². The molecule has 60 valence electrons. The third-order valence-corrected chi connectivity index (χ3v) is 1.08. The van der Waals surface area contributed by atoms with Crippen molar-refractivity contribution in [3.05, 3.63) is 12.2 Å². The van der Waals surface area contributed by atoms with Gasteiger partial charge in [0, 0.05) is 13.0 Å². The van der Waals surface area contributed by atoms with Crippen LogP contribution in [0.15, 0.2) is 12.2 Å². The largest absolute Gasteiger partial charge is 0.353 e. The van der Waals surface area contributed by atoms with Gasteiger partial charge in [0.2, 0.25) is 5.91 Å². The smallest absolute Gasteiger partial charge is 0.243 e. The molecule has 0 saturated heterocycles. The second kappa shape index (κ2) is 6.81. The highest BCUT2D eigenvalue weighted by atomic mass is 16.1. The molecule has 0 spiro atoms. The van der Waals surface area contributed by atoms with Crippen molar-refractivity contribution in [2.75, 3.05) is 6.54 Å². The van der Waals surface area contributed by atoms with Crippen LogP contribution in [0.5, 0.6) is 0 Å². The van der Waals surface area contributed by atoms with E-state index < -0.39 is 0 Å². The summed E-state index contributed by atoms with van der Waals surface area (Å²) in [5.41, 5.74) is 0. The first-order valence-corrected chi connectivity index (χ1v) is 3.58. The zero-order valence-electron chi connectivity index (χ0n) is 6.63. The normalized spacial score (nSPS) is 9.45. The van der Waals surface area contributed by atoms with E-state index in [0.29, 0.717) is 13.0 Å². The lowest BCUT2D eigenvalue weighted by atomic mass is 10.3. The lowest BCUT2D eigenvalue weighted by molar-refractivity contribution is -0.116. The number of carbonyl (C=O) groups excluding carboxylic acids is 1. The van der Waals surface area contributed by atoms with E-state index in [-0.39, 0.29) is 5.91 Å². The zero-order chi connectivity index (χ0) is 8.53. The molecule has 0 radical (unpaired) electrons. The van der Waals surface area contributed by atoms with Crippen molar-refractivity contribution in [1.82, 2.24) is 5.32 Å². The van der Waals surface area contributed by atoms with Crippen LogP contribution in [0.4, 0.5) is 0 Å². The van der Waals surface area contributed by atoms with Gasteiger partial charge in [0.15, 0.2) is 0 Å². The molecule has 0 saturated carbocycles. The number of nitrogens with one attached hydrogen (secondary N) is 1. The van der Waals surface area contributed by atoms with Gasteiger partial charge in [-0.25, -0.2) is 0 Å². The molecule has 0 aliphatic heterocycles. The maximum absolute atomic E-state index is 10.7. The number of allylic oxidation sites excluding steroid dienone is 1. The maximum Gasteiger partial charge on any atom is 0.243 e. The van der Waals surface area contributed by atoms with Crippen molar-refractivity contribution >= 4 is 5.91 Å². The van der Waals surface area contributed by atoms with Crippen molar-refractivity contribution in [2.24, 2.45) is 0 Å². The molecule has 1 amide bonds. The summed E-state index contributed by atoms with van der Waals surface area (Å²) in [5.74, 6) is -0.0922. The van der Waals surface area contributed by atoms with Gasteiger partial charge < -0.3 is 5.32 Å². The van der Waals surface area contributed by atoms with Gasteiger partial charge in [-0.3, -0.25) is 4.79 Å². The van der Waals surface area contributed by atoms with Gasteiger partial charge in [-0.2, -0.15) is 5.26 Å². The van der Waals surface area contributed by atoms with E-state index in [9.17, 15) is 4.79 Å². The molecule has 0 aromatic carbocycles. The van der Waals surface area contributed by atoms with Crippen molar-refractivity contribution in [2.45, 2.75) is 19.8 Å². The minimum atomic E-state index is -0.0922. The molecule has 0 aromatic rings. The maximum atomic E-state index is 10.7. The third kappa shape index (κ3) is 6.59. The monoisotopic (exact) mass is 152 g/mol. The second-order valence-corrected chi connectivity index (χ2v) is 2.05. The van der Waals surface area contributed by atoms with Gasteiger partial charge in [0.25, 0.3) is 0 Å². The molecule has 11 heavy (non-hydrogen) atoms. The highest BCUT2D eigenvalue weighted by Gasteiger charge is 1.91. The van der Waals surface area contributed by atoms with E-state index >= 15 is 0 Å². The van der Waals surface area contributed by atoms with Crippen LogP contribution < -0.4 is 5.32 Å². The lowest BCUT2D eigenvalue weighted by Gasteiger charge is -1.97. The molecule has 0 bridgehead atoms. The summed E-state index contributed by atoms with van der Waals surface area (Å²) in [4.78, 5) is 10.7. The van der Waals surface area contributed by atoms with Crippen LogP contribution in [-0.4, -0.2) is 12.5 Å². The van der Waals surface area contributed by atoms with Gasteiger partial charge in [-0.05, 0) is 19.4 Å². The zero-order valence-corrected chi connectivity index (χ0v) is 6.63. The Morgan fingerprint density at radius 3 is 3.00 bits per heavy atom. The number of unbranched alkanes of at least 4 members (excludes halogenated alkanes) is 1. The molecule has 1 N–H and O–H groups in total. The van der Waals surface area contributed by atoms with Gasteiger partial charge in [-0.15, -0.1) is 0 Å². The standard InChI is InChI=1S/C8H12N2O/c1-2-5-8(11)10-7-4-3-6-9/h2,5H,3-4,7H2,1H3,(H,10,11). The molecular weight excluding hydrogens is 140 g/mol. The molecule has 0 aromatic heterocycles. The van der Waals surface area contributed by atoms with Gasteiger partial charge >= 0.3 is 0 Å². The van der Waals surface area contributed by atoms with Crippen LogP contribution in [0.25, 0.3) is 0 Å². The Kier molecular flexibility index (Phi) is 6.01. The summed E-state index contributed by atoms with van der Waals surface area (Å²) in [6, 6.07) is 2.00. The predicted octanol–water partition coefficient (Wildman–Crippen LogP) is 0.982. The Balaban J connectivity index is 3.26. The summed E-state index contributed by atoms with van der Waals surface area (Å²) in [7, 11) is 0. The number of carbonyl (C=O) groups is 1. The van der Waals surface area contributed by atoms with E-state index in [1.54, 1.807) is 13.0 Å². The fourth-order valence-electron chi connectivity index (χ4n) is 0.589. The molecule has 0 unspecified atom stereocenters. The average Bonchev–Trinajstić information content (AvgIpc) is 1.99.